The van der Waals surface area contributed by atoms with Crippen LogP contribution in [0.4, 0.5) is 0 Å². The Balaban J connectivity index is 1.57. The molecule has 2 amide bonds. The number of hydrogen-bond acceptors (Lipinski definition) is 3. The normalized spacial score (nSPS) is 26.2. The highest BCUT2D eigenvalue weighted by Gasteiger charge is 2.44. The predicted molar refractivity (Wildman–Crippen MR) is 80.8 cm³/mol. The lowest BCUT2D eigenvalue weighted by molar-refractivity contribution is -0.138. The molecule has 3 aliphatic heterocycles. The van der Waals surface area contributed by atoms with Gasteiger partial charge in [0.25, 0.3) is 0 Å². The standard InChI is InChI=1S/C16H27N3O2/c20-14-11-16(5-7-17-8-6-16)13-19(14)12-15(21)18-9-3-1-2-4-10-18/h17H,1-13H2. The molecule has 0 atom stereocenters. The van der Waals surface area contributed by atoms with Gasteiger partial charge >= 0.3 is 0 Å². The van der Waals surface area contributed by atoms with Crippen LogP contribution in [0.5, 0.6) is 0 Å². The monoisotopic (exact) mass is 293 g/mol. The van der Waals surface area contributed by atoms with Gasteiger partial charge in [-0.2, -0.15) is 0 Å². The van der Waals surface area contributed by atoms with E-state index in [4.69, 9.17) is 0 Å². The smallest absolute Gasteiger partial charge is 0.242 e. The first-order valence-electron chi connectivity index (χ1n) is 8.45. The summed E-state index contributed by atoms with van der Waals surface area (Å²) < 4.78 is 0. The third-order valence-electron chi connectivity index (χ3n) is 5.35. The van der Waals surface area contributed by atoms with Gasteiger partial charge in [0.15, 0.2) is 0 Å². The Bertz CT molecular complexity index is 396. The number of nitrogens with zero attached hydrogens (tertiary/aromatic N) is 2. The molecule has 0 aromatic rings. The summed E-state index contributed by atoms with van der Waals surface area (Å²) in [6.07, 6.45) is 7.43. The lowest BCUT2D eigenvalue weighted by Crippen LogP contribution is -2.43. The van der Waals surface area contributed by atoms with Crippen LogP contribution in [0.25, 0.3) is 0 Å². The Morgan fingerprint density at radius 1 is 1.10 bits per heavy atom. The van der Waals surface area contributed by atoms with Crippen molar-refractivity contribution in [3.8, 4) is 0 Å². The van der Waals surface area contributed by atoms with E-state index in [9.17, 15) is 9.59 Å². The minimum Gasteiger partial charge on any atom is -0.341 e. The molecular formula is C16H27N3O2. The quantitative estimate of drug-likeness (QED) is 0.826. The van der Waals surface area contributed by atoms with Crippen LogP contribution in [0.1, 0.15) is 44.9 Å². The van der Waals surface area contributed by atoms with Crippen LogP contribution in [0, 0.1) is 5.41 Å². The Morgan fingerprint density at radius 2 is 1.76 bits per heavy atom. The molecule has 3 aliphatic rings. The summed E-state index contributed by atoms with van der Waals surface area (Å²) >= 11 is 0. The van der Waals surface area contributed by atoms with E-state index in [1.54, 1.807) is 0 Å². The number of piperidine rings is 1. The second-order valence-electron chi connectivity index (χ2n) is 6.97. The molecule has 3 fully saturated rings. The third kappa shape index (κ3) is 3.39. The van der Waals surface area contributed by atoms with Crippen molar-refractivity contribution in [3.63, 3.8) is 0 Å². The van der Waals surface area contributed by atoms with Crippen LogP contribution >= 0.6 is 0 Å². The molecule has 0 unspecified atom stereocenters. The van der Waals surface area contributed by atoms with Crippen LogP contribution in [0.3, 0.4) is 0 Å². The number of carbonyl (C=O) groups is 2. The van der Waals surface area contributed by atoms with E-state index in [1.165, 1.54) is 12.8 Å². The van der Waals surface area contributed by atoms with Gasteiger partial charge in [-0.05, 0) is 44.2 Å². The number of carbonyl (C=O) groups excluding carboxylic acids is 2. The van der Waals surface area contributed by atoms with Crippen LogP contribution in [0.2, 0.25) is 0 Å². The Morgan fingerprint density at radius 3 is 2.43 bits per heavy atom. The first-order chi connectivity index (χ1) is 10.2. The van der Waals surface area contributed by atoms with Crippen molar-refractivity contribution in [2.45, 2.75) is 44.9 Å². The highest BCUT2D eigenvalue weighted by molar-refractivity contribution is 5.86. The first kappa shape index (κ1) is 14.8. The van der Waals surface area contributed by atoms with Gasteiger partial charge in [0, 0.05) is 26.1 Å². The first-order valence-corrected chi connectivity index (χ1v) is 8.45. The van der Waals surface area contributed by atoms with E-state index in [-0.39, 0.29) is 17.2 Å². The van der Waals surface area contributed by atoms with Gasteiger partial charge < -0.3 is 15.1 Å². The molecule has 0 aromatic carbocycles. The Kier molecular flexibility index (Phi) is 4.48. The Hall–Kier alpha value is -1.10. The lowest BCUT2D eigenvalue weighted by Gasteiger charge is -2.33. The molecule has 1 spiro atoms. The van der Waals surface area contributed by atoms with Gasteiger partial charge in [-0.1, -0.05) is 12.8 Å². The van der Waals surface area contributed by atoms with Crippen LogP contribution in [0.15, 0.2) is 0 Å². The summed E-state index contributed by atoms with van der Waals surface area (Å²) in [6, 6.07) is 0. The highest BCUT2D eigenvalue weighted by atomic mass is 16.2. The fourth-order valence-electron chi connectivity index (χ4n) is 4.00. The molecule has 0 bridgehead atoms. The van der Waals surface area contributed by atoms with Crippen molar-refractivity contribution in [2.75, 3.05) is 39.3 Å². The van der Waals surface area contributed by atoms with Gasteiger partial charge in [-0.15, -0.1) is 0 Å². The molecule has 3 saturated heterocycles. The van der Waals surface area contributed by atoms with Crippen molar-refractivity contribution in [2.24, 2.45) is 5.41 Å². The molecule has 3 rings (SSSR count). The van der Waals surface area contributed by atoms with E-state index in [0.717, 1.165) is 58.4 Å². The summed E-state index contributed by atoms with van der Waals surface area (Å²) in [7, 11) is 0. The highest BCUT2D eigenvalue weighted by Crippen LogP contribution is 2.39. The molecule has 3 heterocycles. The fourth-order valence-corrected chi connectivity index (χ4v) is 4.00. The number of rotatable bonds is 2. The maximum absolute atomic E-state index is 12.4. The molecule has 5 nitrogen and oxygen atoms in total. The fraction of sp³-hybridized carbons (Fsp3) is 0.875. The largest absolute Gasteiger partial charge is 0.341 e. The zero-order valence-electron chi connectivity index (χ0n) is 12.9. The van der Waals surface area contributed by atoms with Crippen molar-refractivity contribution in [3.05, 3.63) is 0 Å². The van der Waals surface area contributed by atoms with Gasteiger partial charge in [-0.25, -0.2) is 0 Å². The van der Waals surface area contributed by atoms with Crippen molar-refractivity contribution in [1.29, 1.82) is 0 Å². The minimum absolute atomic E-state index is 0.140. The second kappa shape index (κ2) is 6.34. The molecule has 0 saturated carbocycles. The summed E-state index contributed by atoms with van der Waals surface area (Å²) in [4.78, 5) is 28.5. The summed E-state index contributed by atoms with van der Waals surface area (Å²) in [5, 5.41) is 3.36. The van der Waals surface area contributed by atoms with Crippen molar-refractivity contribution in [1.82, 2.24) is 15.1 Å². The van der Waals surface area contributed by atoms with E-state index in [0.29, 0.717) is 13.0 Å². The molecule has 5 heteroatoms. The minimum atomic E-state index is 0.140. The number of nitrogens with one attached hydrogen (secondary N) is 1. The molecule has 21 heavy (non-hydrogen) atoms. The summed E-state index contributed by atoms with van der Waals surface area (Å²) in [5.74, 6) is 0.330. The molecule has 0 aromatic heterocycles. The molecule has 118 valence electrons. The number of amides is 2. The average molecular weight is 293 g/mol. The van der Waals surface area contributed by atoms with Gasteiger partial charge in [0.1, 0.15) is 0 Å². The van der Waals surface area contributed by atoms with Crippen molar-refractivity contribution >= 4 is 11.8 Å². The molecular weight excluding hydrogens is 266 g/mol. The summed E-state index contributed by atoms with van der Waals surface area (Å²) in [5.41, 5.74) is 0.140. The third-order valence-corrected chi connectivity index (χ3v) is 5.35. The second-order valence-corrected chi connectivity index (χ2v) is 6.97. The maximum Gasteiger partial charge on any atom is 0.242 e. The zero-order chi connectivity index (χ0) is 14.7. The SMILES string of the molecule is O=C(CN1CC2(CCNCC2)CC1=O)N1CCCCCC1. The van der Waals surface area contributed by atoms with E-state index in [1.807, 2.05) is 9.80 Å². The number of likely N-dealkylation sites (tertiary alicyclic amines) is 2. The molecule has 0 radical (unpaired) electrons. The van der Waals surface area contributed by atoms with Gasteiger partial charge in [-0.3, -0.25) is 9.59 Å². The van der Waals surface area contributed by atoms with E-state index in [2.05, 4.69) is 5.32 Å². The van der Waals surface area contributed by atoms with Gasteiger partial charge in [0.2, 0.25) is 11.8 Å². The topological polar surface area (TPSA) is 52.7 Å². The van der Waals surface area contributed by atoms with Crippen LogP contribution < -0.4 is 5.32 Å². The number of hydrogen-bond donors (Lipinski definition) is 1. The maximum atomic E-state index is 12.4. The van der Waals surface area contributed by atoms with Gasteiger partial charge in [0.05, 0.1) is 6.54 Å². The van der Waals surface area contributed by atoms with E-state index < -0.39 is 0 Å². The zero-order valence-corrected chi connectivity index (χ0v) is 12.9. The predicted octanol–water partition coefficient (Wildman–Crippen LogP) is 0.991. The lowest BCUT2D eigenvalue weighted by atomic mass is 9.78. The average Bonchev–Trinajstić information content (AvgIpc) is 2.69. The summed E-state index contributed by atoms with van der Waals surface area (Å²) in [6.45, 7) is 4.83. The molecule has 1 N–H and O–H groups in total. The van der Waals surface area contributed by atoms with Crippen molar-refractivity contribution < 1.29 is 9.59 Å². The Labute approximate surface area is 127 Å². The molecule has 0 aliphatic carbocycles. The van der Waals surface area contributed by atoms with Crippen LogP contribution in [-0.4, -0.2) is 60.9 Å². The van der Waals surface area contributed by atoms with E-state index >= 15 is 0 Å². The van der Waals surface area contributed by atoms with Crippen LogP contribution in [-0.2, 0) is 9.59 Å².